The summed E-state index contributed by atoms with van der Waals surface area (Å²) in [7, 11) is 0. The fraction of sp³-hybridized carbons (Fsp3) is 0.182. The van der Waals surface area contributed by atoms with Crippen molar-refractivity contribution in [3.05, 3.63) is 88.0 Å². The summed E-state index contributed by atoms with van der Waals surface area (Å²) in [5.41, 5.74) is 4.34. The monoisotopic (exact) mass is 388 g/mol. The number of nitrogens with zero attached hydrogens (tertiary/aromatic N) is 4. The SMILES string of the molecule is Cc1ccccc1-n1nc2c(c1-n1cccc1)CN(C(=O)Cc1cccs1)C2. The van der Waals surface area contributed by atoms with Crippen molar-refractivity contribution < 1.29 is 4.79 Å². The molecule has 0 radical (unpaired) electrons. The van der Waals surface area contributed by atoms with E-state index < -0.39 is 0 Å². The Morgan fingerprint density at radius 3 is 2.64 bits per heavy atom. The molecule has 6 heteroatoms. The van der Waals surface area contributed by atoms with Crippen molar-refractivity contribution in [2.24, 2.45) is 0 Å². The van der Waals surface area contributed by atoms with E-state index in [1.807, 2.05) is 63.8 Å². The summed E-state index contributed by atoms with van der Waals surface area (Å²) in [6.07, 6.45) is 4.52. The lowest BCUT2D eigenvalue weighted by molar-refractivity contribution is -0.131. The van der Waals surface area contributed by atoms with Crippen LogP contribution in [0.3, 0.4) is 0 Å². The van der Waals surface area contributed by atoms with Gasteiger partial charge in [0, 0.05) is 22.8 Å². The molecule has 4 aromatic rings. The Hall–Kier alpha value is -3.12. The second-order valence-corrected chi connectivity index (χ2v) is 8.08. The lowest BCUT2D eigenvalue weighted by Gasteiger charge is -2.18. The summed E-state index contributed by atoms with van der Waals surface area (Å²) in [4.78, 5) is 15.8. The molecule has 3 aromatic heterocycles. The molecule has 0 spiro atoms. The average Bonchev–Trinajstić information content (AvgIpc) is 3.46. The molecule has 1 aliphatic rings. The van der Waals surface area contributed by atoms with Crippen LogP contribution in [0, 0.1) is 6.92 Å². The summed E-state index contributed by atoms with van der Waals surface area (Å²) < 4.78 is 4.10. The highest BCUT2D eigenvalue weighted by Crippen LogP contribution is 2.31. The molecule has 1 aromatic carbocycles. The van der Waals surface area contributed by atoms with Crippen LogP contribution in [0.1, 0.15) is 21.7 Å². The third kappa shape index (κ3) is 2.86. The Morgan fingerprint density at radius 1 is 1.07 bits per heavy atom. The maximum absolute atomic E-state index is 12.8. The van der Waals surface area contributed by atoms with E-state index >= 15 is 0 Å². The van der Waals surface area contributed by atoms with Gasteiger partial charge in [0.25, 0.3) is 0 Å². The molecule has 0 saturated heterocycles. The van der Waals surface area contributed by atoms with Crippen LogP contribution in [-0.2, 0) is 24.3 Å². The Morgan fingerprint density at radius 2 is 1.89 bits per heavy atom. The van der Waals surface area contributed by atoms with Crippen molar-refractivity contribution in [2.45, 2.75) is 26.4 Å². The highest BCUT2D eigenvalue weighted by atomic mass is 32.1. The maximum atomic E-state index is 12.8. The van der Waals surface area contributed by atoms with Crippen molar-refractivity contribution in [2.75, 3.05) is 0 Å². The zero-order valence-electron chi connectivity index (χ0n) is 15.6. The van der Waals surface area contributed by atoms with Crippen LogP contribution in [0.25, 0.3) is 11.5 Å². The van der Waals surface area contributed by atoms with E-state index in [0.717, 1.165) is 27.6 Å². The number of thiophene rings is 1. The van der Waals surface area contributed by atoms with Gasteiger partial charge < -0.3 is 9.47 Å². The minimum absolute atomic E-state index is 0.154. The number of aryl methyl sites for hydroxylation is 1. The average molecular weight is 388 g/mol. The van der Waals surface area contributed by atoms with Gasteiger partial charge in [-0.15, -0.1) is 11.3 Å². The summed E-state index contributed by atoms with van der Waals surface area (Å²) in [6.45, 7) is 3.25. The molecule has 140 valence electrons. The molecule has 1 aliphatic heterocycles. The van der Waals surface area contributed by atoms with Crippen molar-refractivity contribution in [1.29, 1.82) is 0 Å². The first-order valence-corrected chi connectivity index (χ1v) is 10.2. The van der Waals surface area contributed by atoms with E-state index in [9.17, 15) is 4.79 Å². The Bertz CT molecular complexity index is 1130. The van der Waals surface area contributed by atoms with E-state index in [1.165, 1.54) is 5.56 Å². The molecule has 0 bridgehead atoms. The number of carbonyl (C=O) groups excluding carboxylic acids is 1. The van der Waals surface area contributed by atoms with Crippen LogP contribution < -0.4 is 0 Å². The first-order valence-electron chi connectivity index (χ1n) is 9.31. The first-order chi connectivity index (χ1) is 13.7. The highest BCUT2D eigenvalue weighted by Gasteiger charge is 2.31. The highest BCUT2D eigenvalue weighted by molar-refractivity contribution is 7.10. The molecule has 0 N–H and O–H groups in total. The molecule has 0 aliphatic carbocycles. The number of hydrogen-bond donors (Lipinski definition) is 0. The summed E-state index contributed by atoms with van der Waals surface area (Å²) in [5, 5.41) is 6.92. The van der Waals surface area contributed by atoms with Gasteiger partial charge in [-0.2, -0.15) is 5.10 Å². The Balaban J connectivity index is 1.52. The van der Waals surface area contributed by atoms with Crippen LogP contribution in [-0.4, -0.2) is 25.2 Å². The molecule has 28 heavy (non-hydrogen) atoms. The molecular weight excluding hydrogens is 368 g/mol. The zero-order valence-corrected chi connectivity index (χ0v) is 16.4. The standard InChI is InChI=1S/C22H20N4OS/c1-16-7-2-3-9-20(16)26-22(24-10-4-5-11-24)18-14-25(15-19(18)23-26)21(27)13-17-8-6-12-28-17/h2-12H,13-15H2,1H3. The fourth-order valence-electron chi connectivity index (χ4n) is 3.76. The van der Waals surface area contributed by atoms with Crippen molar-refractivity contribution in [3.8, 4) is 11.5 Å². The number of carbonyl (C=O) groups is 1. The number of amides is 1. The zero-order chi connectivity index (χ0) is 19.1. The third-order valence-corrected chi connectivity index (χ3v) is 6.06. The predicted octanol–water partition coefficient (Wildman–Crippen LogP) is 4.12. The lowest BCUT2D eigenvalue weighted by Crippen LogP contribution is -2.27. The minimum atomic E-state index is 0.154. The molecule has 0 atom stereocenters. The molecule has 5 nitrogen and oxygen atoms in total. The number of rotatable bonds is 4. The van der Waals surface area contributed by atoms with Crippen LogP contribution in [0.2, 0.25) is 0 Å². The van der Waals surface area contributed by atoms with Gasteiger partial charge >= 0.3 is 0 Å². The van der Waals surface area contributed by atoms with E-state index in [1.54, 1.807) is 11.3 Å². The quantitative estimate of drug-likeness (QED) is 0.528. The Labute approximate surface area is 167 Å². The normalized spacial score (nSPS) is 13.1. The largest absolute Gasteiger partial charge is 0.332 e. The van der Waals surface area contributed by atoms with Gasteiger partial charge in [-0.3, -0.25) is 4.79 Å². The van der Waals surface area contributed by atoms with Crippen LogP contribution >= 0.6 is 11.3 Å². The van der Waals surface area contributed by atoms with Gasteiger partial charge in [0.2, 0.25) is 5.91 Å². The number of benzene rings is 1. The molecule has 5 rings (SSSR count). The second kappa shape index (κ2) is 6.80. The number of aromatic nitrogens is 3. The lowest BCUT2D eigenvalue weighted by atomic mass is 10.2. The first kappa shape index (κ1) is 17.0. The summed E-state index contributed by atoms with van der Waals surface area (Å²) in [6, 6.07) is 16.3. The van der Waals surface area contributed by atoms with Crippen LogP contribution in [0.4, 0.5) is 0 Å². The van der Waals surface area contributed by atoms with Gasteiger partial charge in [-0.25, -0.2) is 4.68 Å². The molecular formula is C22H20N4OS. The predicted molar refractivity (Wildman–Crippen MR) is 110 cm³/mol. The van der Waals surface area contributed by atoms with Crippen molar-refractivity contribution >= 4 is 17.2 Å². The number of fused-ring (bicyclic) bond motifs is 1. The van der Waals surface area contributed by atoms with Crippen molar-refractivity contribution in [3.63, 3.8) is 0 Å². The number of hydrogen-bond acceptors (Lipinski definition) is 3. The third-order valence-electron chi connectivity index (χ3n) is 5.18. The van der Waals surface area contributed by atoms with E-state index in [4.69, 9.17) is 5.10 Å². The van der Waals surface area contributed by atoms with Crippen molar-refractivity contribution in [1.82, 2.24) is 19.2 Å². The maximum Gasteiger partial charge on any atom is 0.228 e. The molecule has 0 fully saturated rings. The van der Waals surface area contributed by atoms with Gasteiger partial charge in [0.15, 0.2) is 0 Å². The summed E-state index contributed by atoms with van der Waals surface area (Å²) in [5.74, 6) is 1.17. The van der Waals surface area contributed by atoms with Gasteiger partial charge in [0.1, 0.15) is 5.82 Å². The smallest absolute Gasteiger partial charge is 0.228 e. The molecule has 0 saturated carbocycles. The fourth-order valence-corrected chi connectivity index (χ4v) is 4.46. The van der Waals surface area contributed by atoms with E-state index in [0.29, 0.717) is 19.5 Å². The topological polar surface area (TPSA) is 43.1 Å². The van der Waals surface area contributed by atoms with Gasteiger partial charge in [-0.1, -0.05) is 24.3 Å². The number of para-hydroxylation sites is 1. The van der Waals surface area contributed by atoms with E-state index in [2.05, 4.69) is 23.6 Å². The minimum Gasteiger partial charge on any atom is -0.332 e. The second-order valence-electron chi connectivity index (χ2n) is 7.04. The molecule has 4 heterocycles. The summed E-state index contributed by atoms with van der Waals surface area (Å²) >= 11 is 1.63. The van der Waals surface area contributed by atoms with Crippen LogP contribution in [0.5, 0.6) is 0 Å². The molecule has 1 amide bonds. The molecule has 0 unspecified atom stereocenters. The van der Waals surface area contributed by atoms with Gasteiger partial charge in [0.05, 0.1) is 30.9 Å². The Kier molecular flexibility index (Phi) is 4.13. The van der Waals surface area contributed by atoms with E-state index in [-0.39, 0.29) is 5.91 Å². The van der Waals surface area contributed by atoms with Gasteiger partial charge in [-0.05, 0) is 42.1 Å². The van der Waals surface area contributed by atoms with Crippen LogP contribution in [0.15, 0.2) is 66.3 Å².